The zero-order valence-corrected chi connectivity index (χ0v) is 14.8. The topological polar surface area (TPSA) is 72.5 Å². The summed E-state index contributed by atoms with van der Waals surface area (Å²) in [5.41, 5.74) is 0.805. The van der Waals surface area contributed by atoms with E-state index in [1.807, 2.05) is 0 Å². The lowest BCUT2D eigenvalue weighted by Gasteiger charge is -2.06. The van der Waals surface area contributed by atoms with Crippen LogP contribution in [0.5, 0.6) is 0 Å². The second-order valence-electron chi connectivity index (χ2n) is 4.78. The lowest BCUT2D eigenvalue weighted by atomic mass is 10.1. The van der Waals surface area contributed by atoms with E-state index in [0.717, 1.165) is 4.47 Å². The molecule has 0 heterocycles. The number of Topliss-reactive ketones (excluding diaryl/α,β-unsaturated/α-hetero) is 1. The largest absolute Gasteiger partial charge is 0.456 e. The summed E-state index contributed by atoms with van der Waals surface area (Å²) < 4.78 is 5.61. The van der Waals surface area contributed by atoms with E-state index < -0.39 is 18.5 Å². The number of hydrogen-bond donors (Lipinski definition) is 1. The van der Waals surface area contributed by atoms with E-state index in [1.165, 1.54) is 0 Å². The number of nitrogens with one attached hydrogen (secondary N) is 1. The molecule has 0 spiro atoms. The molecule has 0 unspecified atom stereocenters. The molecule has 0 aliphatic rings. The fourth-order valence-electron chi connectivity index (χ4n) is 1.80. The van der Waals surface area contributed by atoms with Gasteiger partial charge in [-0.3, -0.25) is 14.4 Å². The van der Waals surface area contributed by atoms with Crippen molar-refractivity contribution in [2.24, 2.45) is 0 Å². The van der Waals surface area contributed by atoms with Crippen LogP contribution in [0.1, 0.15) is 20.7 Å². The minimum absolute atomic E-state index is 0.320. The van der Waals surface area contributed by atoms with Crippen LogP contribution in [0.4, 0.5) is 0 Å². The number of ether oxygens (including phenoxy) is 1. The van der Waals surface area contributed by atoms with Crippen LogP contribution in [0.2, 0.25) is 5.02 Å². The van der Waals surface area contributed by atoms with Crippen LogP contribution in [0, 0.1) is 0 Å². The first kappa shape index (κ1) is 18.2. The summed E-state index contributed by atoms with van der Waals surface area (Å²) in [7, 11) is 0. The first-order chi connectivity index (χ1) is 11.5. The zero-order chi connectivity index (χ0) is 17.5. The fourth-order valence-corrected chi connectivity index (χ4v) is 2.33. The second-order valence-corrected chi connectivity index (χ2v) is 6.14. The molecule has 1 N–H and O–H groups in total. The van der Waals surface area contributed by atoms with Gasteiger partial charge in [-0.2, -0.15) is 0 Å². The number of hydrogen-bond acceptors (Lipinski definition) is 4. The van der Waals surface area contributed by atoms with Crippen molar-refractivity contribution < 1.29 is 19.1 Å². The molecule has 2 aromatic carbocycles. The molecule has 0 aliphatic heterocycles. The summed E-state index contributed by atoms with van der Waals surface area (Å²) in [5, 5.41) is 2.95. The van der Waals surface area contributed by atoms with Crippen molar-refractivity contribution >= 4 is 45.2 Å². The van der Waals surface area contributed by atoms with Crippen LogP contribution in [-0.4, -0.2) is 30.8 Å². The van der Waals surface area contributed by atoms with Gasteiger partial charge in [-0.15, -0.1) is 0 Å². The molecule has 0 saturated carbocycles. The standard InChI is InChI=1S/C17H13BrClNO4/c18-13-3-1-2-12(8-13)17(23)20-9-16(22)24-10-15(21)11-4-6-14(19)7-5-11/h1-8H,9-10H2,(H,20,23). The molecular weight excluding hydrogens is 398 g/mol. The van der Waals surface area contributed by atoms with Gasteiger partial charge in [0.25, 0.3) is 5.91 Å². The maximum absolute atomic E-state index is 11.9. The van der Waals surface area contributed by atoms with Gasteiger partial charge >= 0.3 is 5.97 Å². The Morgan fingerprint density at radius 2 is 1.75 bits per heavy atom. The van der Waals surface area contributed by atoms with Gasteiger partial charge in [-0.25, -0.2) is 0 Å². The fraction of sp³-hybridized carbons (Fsp3) is 0.118. The predicted octanol–water partition coefficient (Wildman–Crippen LogP) is 3.26. The lowest BCUT2D eigenvalue weighted by Crippen LogP contribution is -2.31. The Morgan fingerprint density at radius 3 is 2.42 bits per heavy atom. The molecule has 2 rings (SSSR count). The smallest absolute Gasteiger partial charge is 0.325 e. The Kier molecular flexibility index (Phi) is 6.52. The molecule has 0 fully saturated rings. The highest BCUT2D eigenvalue weighted by Gasteiger charge is 2.12. The molecule has 0 saturated heterocycles. The third kappa shape index (κ3) is 5.47. The van der Waals surface area contributed by atoms with Gasteiger partial charge in [0.2, 0.25) is 0 Å². The van der Waals surface area contributed by atoms with Crippen molar-refractivity contribution in [3.63, 3.8) is 0 Å². The number of halogens is 2. The summed E-state index contributed by atoms with van der Waals surface area (Å²) in [6, 6.07) is 13.0. The zero-order valence-electron chi connectivity index (χ0n) is 12.4. The molecule has 7 heteroatoms. The first-order valence-corrected chi connectivity index (χ1v) is 8.11. The molecule has 2 aromatic rings. The van der Waals surface area contributed by atoms with Crippen LogP contribution in [0.15, 0.2) is 53.0 Å². The van der Waals surface area contributed by atoms with Crippen LogP contribution >= 0.6 is 27.5 Å². The number of carbonyl (C=O) groups excluding carboxylic acids is 3. The van der Waals surface area contributed by atoms with Crippen LogP contribution in [0.3, 0.4) is 0 Å². The van der Waals surface area contributed by atoms with Crippen molar-refractivity contribution in [3.8, 4) is 0 Å². The SMILES string of the molecule is O=C(CNC(=O)c1cccc(Br)c1)OCC(=O)c1ccc(Cl)cc1. The van der Waals surface area contributed by atoms with Gasteiger partial charge in [0, 0.05) is 20.6 Å². The quantitative estimate of drug-likeness (QED) is 0.586. The van der Waals surface area contributed by atoms with Crippen LogP contribution < -0.4 is 5.32 Å². The Hall–Kier alpha value is -2.18. The van der Waals surface area contributed by atoms with Crippen LogP contribution in [-0.2, 0) is 9.53 Å². The molecule has 1 amide bonds. The molecule has 0 aromatic heterocycles. The number of benzene rings is 2. The Balaban J connectivity index is 1.78. The average molecular weight is 411 g/mol. The number of esters is 1. The molecule has 0 bridgehead atoms. The van der Waals surface area contributed by atoms with Gasteiger partial charge in [0.05, 0.1) is 0 Å². The highest BCUT2D eigenvalue weighted by Crippen LogP contribution is 2.11. The highest BCUT2D eigenvalue weighted by atomic mass is 79.9. The monoisotopic (exact) mass is 409 g/mol. The molecule has 0 radical (unpaired) electrons. The van der Waals surface area contributed by atoms with Gasteiger partial charge in [-0.05, 0) is 42.5 Å². The molecule has 0 aliphatic carbocycles. The second kappa shape index (κ2) is 8.61. The van der Waals surface area contributed by atoms with Gasteiger partial charge in [-0.1, -0.05) is 33.6 Å². The summed E-state index contributed by atoms with van der Waals surface area (Å²) in [5.74, 6) is -1.45. The molecular formula is C17H13BrClNO4. The van der Waals surface area contributed by atoms with E-state index >= 15 is 0 Å². The average Bonchev–Trinajstić information content (AvgIpc) is 2.58. The van der Waals surface area contributed by atoms with Crippen LogP contribution in [0.25, 0.3) is 0 Å². The molecule has 24 heavy (non-hydrogen) atoms. The third-order valence-corrected chi connectivity index (χ3v) is 3.76. The first-order valence-electron chi connectivity index (χ1n) is 6.94. The third-order valence-electron chi connectivity index (χ3n) is 3.01. The van der Waals surface area contributed by atoms with E-state index in [0.29, 0.717) is 16.1 Å². The maximum Gasteiger partial charge on any atom is 0.325 e. The molecule has 124 valence electrons. The predicted molar refractivity (Wildman–Crippen MR) is 93.2 cm³/mol. The Bertz CT molecular complexity index is 761. The Labute approximate surface area is 152 Å². The summed E-state index contributed by atoms with van der Waals surface area (Å²) in [6.45, 7) is -0.716. The molecule has 0 atom stereocenters. The normalized spacial score (nSPS) is 10.1. The summed E-state index contributed by atoms with van der Waals surface area (Å²) in [4.78, 5) is 35.3. The number of amides is 1. The Morgan fingerprint density at radius 1 is 1.04 bits per heavy atom. The number of carbonyl (C=O) groups is 3. The number of rotatable bonds is 6. The minimum Gasteiger partial charge on any atom is -0.456 e. The summed E-state index contributed by atoms with van der Waals surface area (Å²) in [6.07, 6.45) is 0. The highest BCUT2D eigenvalue weighted by molar-refractivity contribution is 9.10. The van der Waals surface area contributed by atoms with E-state index in [2.05, 4.69) is 21.2 Å². The van der Waals surface area contributed by atoms with E-state index in [9.17, 15) is 14.4 Å². The van der Waals surface area contributed by atoms with Crippen molar-refractivity contribution in [3.05, 3.63) is 69.2 Å². The number of ketones is 1. The van der Waals surface area contributed by atoms with Crippen molar-refractivity contribution in [1.82, 2.24) is 5.32 Å². The van der Waals surface area contributed by atoms with E-state index in [4.69, 9.17) is 16.3 Å². The van der Waals surface area contributed by atoms with E-state index in [-0.39, 0.29) is 12.3 Å². The van der Waals surface area contributed by atoms with Crippen molar-refractivity contribution in [2.45, 2.75) is 0 Å². The molecule has 5 nitrogen and oxygen atoms in total. The van der Waals surface area contributed by atoms with Gasteiger partial charge in [0.15, 0.2) is 12.4 Å². The minimum atomic E-state index is -0.694. The van der Waals surface area contributed by atoms with Gasteiger partial charge in [0.1, 0.15) is 6.54 Å². The van der Waals surface area contributed by atoms with Gasteiger partial charge < -0.3 is 10.1 Å². The summed E-state index contributed by atoms with van der Waals surface area (Å²) >= 11 is 9.00. The lowest BCUT2D eigenvalue weighted by molar-refractivity contribution is -0.141. The van der Waals surface area contributed by atoms with E-state index in [1.54, 1.807) is 48.5 Å². The maximum atomic E-state index is 11.9. The van der Waals surface area contributed by atoms with Crippen molar-refractivity contribution in [1.29, 1.82) is 0 Å². The van der Waals surface area contributed by atoms with Crippen molar-refractivity contribution in [2.75, 3.05) is 13.2 Å².